The van der Waals surface area contributed by atoms with Crippen molar-refractivity contribution in [3.8, 4) is 11.1 Å². The number of hydrogen-bond donors (Lipinski definition) is 1. The molecule has 2 fully saturated rings. The van der Waals surface area contributed by atoms with Gasteiger partial charge in [0.2, 0.25) is 11.9 Å². The van der Waals surface area contributed by atoms with Crippen LogP contribution >= 0.6 is 0 Å². The van der Waals surface area contributed by atoms with Crippen molar-refractivity contribution in [3.05, 3.63) is 42.7 Å². The van der Waals surface area contributed by atoms with Crippen LogP contribution in [0.25, 0.3) is 11.1 Å². The first-order valence-electron chi connectivity index (χ1n) is 11.0. The number of carbonyl (C=O) groups is 1. The summed E-state index contributed by atoms with van der Waals surface area (Å²) in [4.78, 5) is 26.3. The van der Waals surface area contributed by atoms with Gasteiger partial charge in [-0.25, -0.2) is 9.97 Å². The number of benzene rings is 1. The number of hydrogen-bond acceptors (Lipinski definition) is 6. The molecule has 0 saturated carbocycles. The highest BCUT2D eigenvalue weighted by atomic mass is 16.5. The number of piperidine rings is 1. The summed E-state index contributed by atoms with van der Waals surface area (Å²) in [6, 6.07) is 10.1. The summed E-state index contributed by atoms with van der Waals surface area (Å²) in [6.07, 6.45) is 6.62. The molecule has 0 spiro atoms. The summed E-state index contributed by atoms with van der Waals surface area (Å²) in [5.41, 5.74) is 2.11. The summed E-state index contributed by atoms with van der Waals surface area (Å²) in [5.74, 6) is 0.863. The average Bonchev–Trinajstić information content (AvgIpc) is 2.83. The smallest absolute Gasteiger partial charge is 0.225 e. The van der Waals surface area contributed by atoms with Crippen molar-refractivity contribution in [2.24, 2.45) is 5.92 Å². The van der Waals surface area contributed by atoms with Crippen molar-refractivity contribution in [2.75, 3.05) is 57.4 Å². The second-order valence-corrected chi connectivity index (χ2v) is 8.02. The third-order valence-electron chi connectivity index (χ3n) is 5.87. The summed E-state index contributed by atoms with van der Waals surface area (Å²) < 4.78 is 5.37. The molecule has 1 N–H and O–H groups in total. The first-order chi connectivity index (χ1) is 14.8. The van der Waals surface area contributed by atoms with Crippen molar-refractivity contribution in [1.29, 1.82) is 0 Å². The maximum absolute atomic E-state index is 12.7. The van der Waals surface area contributed by atoms with E-state index < -0.39 is 0 Å². The van der Waals surface area contributed by atoms with Gasteiger partial charge < -0.3 is 15.0 Å². The molecule has 1 aromatic carbocycles. The van der Waals surface area contributed by atoms with Crippen LogP contribution in [-0.4, -0.2) is 73.3 Å². The zero-order valence-corrected chi connectivity index (χ0v) is 17.5. The molecule has 3 heterocycles. The lowest BCUT2D eigenvalue weighted by molar-refractivity contribution is -0.125. The van der Waals surface area contributed by atoms with Crippen LogP contribution in [0, 0.1) is 5.92 Å². The van der Waals surface area contributed by atoms with Gasteiger partial charge in [0.05, 0.1) is 19.1 Å². The van der Waals surface area contributed by atoms with Gasteiger partial charge in [0.25, 0.3) is 0 Å². The molecule has 7 nitrogen and oxygen atoms in total. The highest BCUT2D eigenvalue weighted by molar-refractivity contribution is 5.79. The van der Waals surface area contributed by atoms with E-state index >= 15 is 0 Å². The largest absolute Gasteiger partial charge is 0.379 e. The third kappa shape index (κ3) is 5.55. The molecule has 1 unspecified atom stereocenters. The summed E-state index contributed by atoms with van der Waals surface area (Å²) in [7, 11) is 0. The van der Waals surface area contributed by atoms with Gasteiger partial charge in [-0.05, 0) is 31.4 Å². The number of carbonyl (C=O) groups excluding carboxylic acids is 1. The Kier molecular flexibility index (Phi) is 7.26. The first kappa shape index (κ1) is 20.8. The van der Waals surface area contributed by atoms with Gasteiger partial charge in [-0.15, -0.1) is 0 Å². The summed E-state index contributed by atoms with van der Waals surface area (Å²) >= 11 is 0. The number of anilines is 1. The SMILES string of the molecule is O=C(NCCCN1CCOCC1)C1CCCN(c2ncc(-c3ccccc3)cn2)C1. The van der Waals surface area contributed by atoms with E-state index in [2.05, 4.69) is 37.2 Å². The molecule has 2 saturated heterocycles. The van der Waals surface area contributed by atoms with Crippen LogP contribution in [0.4, 0.5) is 5.95 Å². The summed E-state index contributed by atoms with van der Waals surface area (Å²) in [5, 5.41) is 3.13. The van der Waals surface area contributed by atoms with Gasteiger partial charge in [-0.2, -0.15) is 0 Å². The van der Waals surface area contributed by atoms with Crippen LogP contribution in [0.1, 0.15) is 19.3 Å². The van der Waals surface area contributed by atoms with Gasteiger partial charge in [-0.3, -0.25) is 9.69 Å². The minimum absolute atomic E-state index is 0.000429. The number of aromatic nitrogens is 2. The lowest BCUT2D eigenvalue weighted by Crippen LogP contribution is -2.44. The van der Waals surface area contributed by atoms with Crippen LogP contribution in [0.5, 0.6) is 0 Å². The molecule has 4 rings (SSSR count). The molecular weight excluding hydrogens is 378 g/mol. The van der Waals surface area contributed by atoms with Crippen LogP contribution < -0.4 is 10.2 Å². The quantitative estimate of drug-likeness (QED) is 0.707. The Morgan fingerprint density at radius 2 is 1.83 bits per heavy atom. The molecule has 160 valence electrons. The Morgan fingerprint density at radius 3 is 2.60 bits per heavy atom. The van der Waals surface area contributed by atoms with E-state index in [0.29, 0.717) is 12.5 Å². The second kappa shape index (κ2) is 10.5. The lowest BCUT2D eigenvalue weighted by Gasteiger charge is -2.32. The number of nitrogens with zero attached hydrogens (tertiary/aromatic N) is 4. The van der Waals surface area contributed by atoms with Gasteiger partial charge in [0.1, 0.15) is 0 Å². The minimum atomic E-state index is -0.000429. The molecule has 30 heavy (non-hydrogen) atoms. The van der Waals surface area contributed by atoms with Crippen LogP contribution in [-0.2, 0) is 9.53 Å². The molecule has 2 aliphatic rings. The Hall–Kier alpha value is -2.51. The molecule has 1 amide bonds. The zero-order chi connectivity index (χ0) is 20.6. The number of rotatable bonds is 7. The van der Waals surface area contributed by atoms with E-state index in [0.717, 1.165) is 76.3 Å². The predicted molar refractivity (Wildman–Crippen MR) is 117 cm³/mol. The second-order valence-electron chi connectivity index (χ2n) is 8.02. The van der Waals surface area contributed by atoms with Crippen LogP contribution in [0.3, 0.4) is 0 Å². The Labute approximate surface area is 178 Å². The number of amides is 1. The minimum Gasteiger partial charge on any atom is -0.379 e. The monoisotopic (exact) mass is 409 g/mol. The highest BCUT2D eigenvalue weighted by Gasteiger charge is 2.27. The average molecular weight is 410 g/mol. The van der Waals surface area contributed by atoms with Gasteiger partial charge in [-0.1, -0.05) is 30.3 Å². The molecule has 0 aliphatic carbocycles. The van der Waals surface area contributed by atoms with E-state index in [1.54, 1.807) is 0 Å². The van der Waals surface area contributed by atoms with Crippen molar-refractivity contribution >= 4 is 11.9 Å². The van der Waals surface area contributed by atoms with E-state index in [9.17, 15) is 4.79 Å². The topological polar surface area (TPSA) is 70.6 Å². The number of morpholine rings is 1. The molecule has 1 aromatic heterocycles. The van der Waals surface area contributed by atoms with Gasteiger partial charge >= 0.3 is 0 Å². The predicted octanol–water partition coefficient (Wildman–Crippen LogP) is 2.20. The van der Waals surface area contributed by atoms with Crippen molar-refractivity contribution in [2.45, 2.75) is 19.3 Å². The number of nitrogens with one attached hydrogen (secondary N) is 1. The first-order valence-corrected chi connectivity index (χ1v) is 11.0. The molecule has 0 radical (unpaired) electrons. The van der Waals surface area contributed by atoms with Gasteiger partial charge in [0.15, 0.2) is 0 Å². The third-order valence-corrected chi connectivity index (χ3v) is 5.87. The maximum atomic E-state index is 12.7. The fraction of sp³-hybridized carbons (Fsp3) is 0.522. The molecule has 2 aliphatic heterocycles. The van der Waals surface area contributed by atoms with E-state index in [1.165, 1.54) is 0 Å². The zero-order valence-electron chi connectivity index (χ0n) is 17.5. The summed E-state index contributed by atoms with van der Waals surface area (Å²) in [6.45, 7) is 6.95. The lowest BCUT2D eigenvalue weighted by atomic mass is 9.97. The molecule has 2 aromatic rings. The van der Waals surface area contributed by atoms with Crippen molar-refractivity contribution in [3.63, 3.8) is 0 Å². The maximum Gasteiger partial charge on any atom is 0.225 e. The Morgan fingerprint density at radius 1 is 1.07 bits per heavy atom. The molecule has 1 atom stereocenters. The molecule has 7 heteroatoms. The Balaban J connectivity index is 1.25. The molecule has 0 bridgehead atoms. The van der Waals surface area contributed by atoms with E-state index in [-0.39, 0.29) is 11.8 Å². The van der Waals surface area contributed by atoms with Gasteiger partial charge in [0, 0.05) is 50.7 Å². The van der Waals surface area contributed by atoms with Crippen LogP contribution in [0.2, 0.25) is 0 Å². The van der Waals surface area contributed by atoms with E-state index in [1.807, 2.05) is 30.6 Å². The molecular formula is C23H31N5O2. The number of ether oxygens (including phenoxy) is 1. The normalized spacial score (nSPS) is 20.1. The van der Waals surface area contributed by atoms with E-state index in [4.69, 9.17) is 4.74 Å². The Bertz CT molecular complexity index is 793. The fourth-order valence-corrected chi connectivity index (χ4v) is 4.12. The fourth-order valence-electron chi connectivity index (χ4n) is 4.12. The van der Waals surface area contributed by atoms with Crippen molar-refractivity contribution in [1.82, 2.24) is 20.2 Å². The highest BCUT2D eigenvalue weighted by Crippen LogP contribution is 2.22. The van der Waals surface area contributed by atoms with Crippen LogP contribution in [0.15, 0.2) is 42.7 Å². The van der Waals surface area contributed by atoms with Crippen molar-refractivity contribution < 1.29 is 9.53 Å². The standard InChI is InChI=1S/C23H31N5O2/c29-22(24-9-5-10-27-12-14-30-15-13-27)20-8-4-11-28(18-20)23-25-16-21(17-26-23)19-6-2-1-3-7-19/h1-3,6-7,16-17,20H,4-5,8-15,18H2,(H,24,29).